The Labute approximate surface area is 141 Å². The van der Waals surface area contributed by atoms with Crippen molar-refractivity contribution < 1.29 is 4.79 Å². The van der Waals surface area contributed by atoms with Gasteiger partial charge in [-0.2, -0.15) is 5.10 Å². The summed E-state index contributed by atoms with van der Waals surface area (Å²) in [5.74, 6) is 0.851. The number of nitrogens with zero attached hydrogens (tertiary/aromatic N) is 2. The van der Waals surface area contributed by atoms with Crippen LogP contribution in [0.25, 0.3) is 11.0 Å². The average molecular weight is 325 g/mol. The van der Waals surface area contributed by atoms with Gasteiger partial charge >= 0.3 is 0 Å². The summed E-state index contributed by atoms with van der Waals surface area (Å²) in [6, 6.07) is 5.91. The summed E-state index contributed by atoms with van der Waals surface area (Å²) in [7, 11) is 0. The summed E-state index contributed by atoms with van der Waals surface area (Å²) in [6.07, 6.45) is 2.31. The van der Waals surface area contributed by atoms with Gasteiger partial charge in [-0.15, -0.1) is 0 Å². The molecule has 0 aliphatic carbocycles. The van der Waals surface area contributed by atoms with E-state index in [2.05, 4.69) is 45.4 Å². The SMILES string of the molecule is CCc1[nH]ncc1C(=O)N[C@H](c1nc2ccc(C)cc2[nH]1)C(C)C. The fourth-order valence-corrected chi connectivity index (χ4v) is 2.84. The second kappa shape index (κ2) is 6.47. The number of hydrogen-bond donors (Lipinski definition) is 3. The Hall–Kier alpha value is -2.63. The molecule has 0 saturated heterocycles. The molecule has 2 aromatic heterocycles. The number of aromatic amines is 2. The van der Waals surface area contributed by atoms with Crippen LogP contribution in [0.15, 0.2) is 24.4 Å². The normalized spacial score (nSPS) is 12.7. The van der Waals surface area contributed by atoms with Gasteiger partial charge in [-0.25, -0.2) is 4.98 Å². The summed E-state index contributed by atoms with van der Waals surface area (Å²) in [5.41, 5.74) is 4.51. The zero-order chi connectivity index (χ0) is 17.3. The lowest BCUT2D eigenvalue weighted by Crippen LogP contribution is -2.32. The summed E-state index contributed by atoms with van der Waals surface area (Å²) >= 11 is 0. The molecule has 3 aromatic rings. The molecule has 6 nitrogen and oxygen atoms in total. The first-order valence-corrected chi connectivity index (χ1v) is 8.29. The van der Waals surface area contributed by atoms with Gasteiger partial charge in [-0.1, -0.05) is 26.8 Å². The average Bonchev–Trinajstić information content (AvgIpc) is 3.17. The van der Waals surface area contributed by atoms with Gasteiger partial charge in [-0.3, -0.25) is 9.89 Å². The van der Waals surface area contributed by atoms with Crippen LogP contribution in [0, 0.1) is 12.8 Å². The lowest BCUT2D eigenvalue weighted by molar-refractivity contribution is 0.0922. The third-order valence-corrected chi connectivity index (χ3v) is 4.22. The number of fused-ring (bicyclic) bond motifs is 1. The summed E-state index contributed by atoms with van der Waals surface area (Å²) in [4.78, 5) is 20.6. The molecule has 0 unspecified atom stereocenters. The number of carbonyl (C=O) groups excluding carboxylic acids is 1. The Morgan fingerprint density at radius 2 is 2.12 bits per heavy atom. The molecule has 2 heterocycles. The predicted octanol–water partition coefficient (Wildman–Crippen LogP) is 3.28. The van der Waals surface area contributed by atoms with Gasteiger partial charge in [0, 0.05) is 5.69 Å². The maximum absolute atomic E-state index is 12.6. The Kier molecular flexibility index (Phi) is 4.38. The van der Waals surface area contributed by atoms with E-state index in [1.807, 2.05) is 26.0 Å². The highest BCUT2D eigenvalue weighted by atomic mass is 16.1. The Morgan fingerprint density at radius 3 is 2.83 bits per heavy atom. The molecule has 1 aromatic carbocycles. The Balaban J connectivity index is 1.90. The van der Waals surface area contributed by atoms with Crippen molar-refractivity contribution in [1.82, 2.24) is 25.5 Å². The second-order valence-electron chi connectivity index (χ2n) is 6.45. The number of H-pyrrole nitrogens is 2. The van der Waals surface area contributed by atoms with Crippen LogP contribution in [-0.4, -0.2) is 26.1 Å². The molecule has 3 rings (SSSR count). The Bertz CT molecular complexity index is 861. The fraction of sp³-hybridized carbons (Fsp3) is 0.389. The molecular weight excluding hydrogens is 302 g/mol. The standard InChI is InChI=1S/C18H23N5O/c1-5-13-12(9-19-23-13)18(24)22-16(10(2)3)17-20-14-7-6-11(4)8-15(14)21-17/h6-10,16H,5H2,1-4H3,(H,19,23)(H,20,21)(H,22,24)/t16-/m0/s1. The van der Waals surface area contributed by atoms with Crippen LogP contribution in [0.5, 0.6) is 0 Å². The second-order valence-corrected chi connectivity index (χ2v) is 6.45. The number of rotatable bonds is 5. The molecule has 1 amide bonds. The maximum atomic E-state index is 12.6. The Morgan fingerprint density at radius 1 is 1.33 bits per heavy atom. The van der Waals surface area contributed by atoms with Crippen LogP contribution < -0.4 is 5.32 Å². The third kappa shape index (κ3) is 3.04. The number of amides is 1. The molecule has 0 aliphatic heterocycles. The monoisotopic (exact) mass is 325 g/mol. The molecule has 0 saturated carbocycles. The lowest BCUT2D eigenvalue weighted by Gasteiger charge is -2.20. The summed E-state index contributed by atoms with van der Waals surface area (Å²) in [5, 5.41) is 9.94. The zero-order valence-electron chi connectivity index (χ0n) is 14.5. The first-order chi connectivity index (χ1) is 11.5. The van der Waals surface area contributed by atoms with Gasteiger partial charge in [0.1, 0.15) is 5.82 Å². The quantitative estimate of drug-likeness (QED) is 0.673. The van der Waals surface area contributed by atoms with Gasteiger partial charge in [0.15, 0.2) is 0 Å². The molecule has 0 spiro atoms. The van der Waals surface area contributed by atoms with E-state index in [1.54, 1.807) is 6.20 Å². The van der Waals surface area contributed by atoms with Gasteiger partial charge < -0.3 is 10.3 Å². The van der Waals surface area contributed by atoms with Crippen molar-refractivity contribution in [1.29, 1.82) is 0 Å². The molecule has 3 N–H and O–H groups in total. The van der Waals surface area contributed by atoms with Crippen LogP contribution in [0.1, 0.15) is 54.3 Å². The van der Waals surface area contributed by atoms with E-state index < -0.39 is 0 Å². The molecule has 0 bridgehead atoms. The molecule has 1 atom stereocenters. The lowest BCUT2D eigenvalue weighted by atomic mass is 10.0. The van der Waals surface area contributed by atoms with Crippen LogP contribution in [0.3, 0.4) is 0 Å². The predicted molar refractivity (Wildman–Crippen MR) is 93.8 cm³/mol. The van der Waals surface area contributed by atoms with Gasteiger partial charge in [0.2, 0.25) is 0 Å². The van der Waals surface area contributed by atoms with Crippen molar-refractivity contribution in [2.24, 2.45) is 5.92 Å². The minimum atomic E-state index is -0.190. The number of aromatic nitrogens is 4. The van der Waals surface area contributed by atoms with E-state index in [0.29, 0.717) is 5.56 Å². The van der Waals surface area contributed by atoms with Gasteiger partial charge in [0.25, 0.3) is 5.91 Å². The van der Waals surface area contributed by atoms with Gasteiger partial charge in [-0.05, 0) is 37.0 Å². The highest BCUT2D eigenvalue weighted by Gasteiger charge is 2.24. The van der Waals surface area contributed by atoms with Crippen LogP contribution in [0.2, 0.25) is 0 Å². The van der Waals surface area contributed by atoms with Crippen molar-refractivity contribution >= 4 is 16.9 Å². The summed E-state index contributed by atoms with van der Waals surface area (Å²) < 4.78 is 0. The first-order valence-electron chi connectivity index (χ1n) is 8.29. The van der Waals surface area contributed by atoms with Crippen molar-refractivity contribution in [3.63, 3.8) is 0 Å². The van der Waals surface area contributed by atoms with E-state index in [9.17, 15) is 4.79 Å². The van der Waals surface area contributed by atoms with E-state index in [-0.39, 0.29) is 17.9 Å². The number of hydrogen-bond acceptors (Lipinski definition) is 3. The van der Waals surface area contributed by atoms with E-state index in [0.717, 1.165) is 29.0 Å². The number of benzene rings is 1. The third-order valence-electron chi connectivity index (χ3n) is 4.22. The van der Waals surface area contributed by atoms with E-state index in [4.69, 9.17) is 0 Å². The molecule has 0 aliphatic rings. The minimum absolute atomic E-state index is 0.129. The highest BCUT2D eigenvalue weighted by molar-refractivity contribution is 5.95. The topological polar surface area (TPSA) is 86.5 Å². The fourth-order valence-electron chi connectivity index (χ4n) is 2.84. The molecule has 126 valence electrons. The smallest absolute Gasteiger partial charge is 0.255 e. The van der Waals surface area contributed by atoms with Crippen molar-refractivity contribution in [3.8, 4) is 0 Å². The minimum Gasteiger partial charge on any atom is -0.342 e. The zero-order valence-corrected chi connectivity index (χ0v) is 14.5. The van der Waals surface area contributed by atoms with Crippen LogP contribution in [-0.2, 0) is 6.42 Å². The number of carbonyl (C=O) groups is 1. The molecule has 0 radical (unpaired) electrons. The van der Waals surface area contributed by atoms with Crippen LogP contribution in [0.4, 0.5) is 0 Å². The molecule has 24 heavy (non-hydrogen) atoms. The van der Waals surface area contributed by atoms with E-state index in [1.165, 1.54) is 5.56 Å². The highest BCUT2D eigenvalue weighted by Crippen LogP contribution is 2.23. The molecular formula is C18H23N5O. The van der Waals surface area contributed by atoms with Crippen molar-refractivity contribution in [2.45, 2.75) is 40.2 Å². The molecule has 6 heteroatoms. The number of nitrogens with one attached hydrogen (secondary N) is 3. The maximum Gasteiger partial charge on any atom is 0.255 e. The molecule has 0 fully saturated rings. The van der Waals surface area contributed by atoms with Gasteiger partial charge in [0.05, 0.1) is 28.8 Å². The number of aryl methyl sites for hydroxylation is 2. The van der Waals surface area contributed by atoms with Crippen molar-refractivity contribution in [3.05, 3.63) is 47.0 Å². The first kappa shape index (κ1) is 16.2. The number of imidazole rings is 1. The van der Waals surface area contributed by atoms with Crippen LogP contribution >= 0.6 is 0 Å². The summed E-state index contributed by atoms with van der Waals surface area (Å²) in [6.45, 7) is 8.18. The largest absolute Gasteiger partial charge is 0.342 e. The van der Waals surface area contributed by atoms with Crippen molar-refractivity contribution in [2.75, 3.05) is 0 Å². The van der Waals surface area contributed by atoms with E-state index >= 15 is 0 Å².